The molecule has 0 N–H and O–H groups in total. The van der Waals surface area contributed by atoms with Gasteiger partial charge in [-0.15, -0.1) is 0 Å². The van der Waals surface area contributed by atoms with E-state index in [4.69, 9.17) is 0 Å². The number of alkyl halides is 1. The molecule has 0 aromatic heterocycles. The van der Waals surface area contributed by atoms with Gasteiger partial charge in [0.05, 0.1) is 0 Å². The summed E-state index contributed by atoms with van der Waals surface area (Å²) < 4.78 is 1.39. The van der Waals surface area contributed by atoms with Crippen molar-refractivity contribution in [1.82, 2.24) is 4.90 Å². The van der Waals surface area contributed by atoms with Gasteiger partial charge in [0, 0.05) is 22.6 Å². The first-order valence-electron chi connectivity index (χ1n) is 6.72. The van der Waals surface area contributed by atoms with Gasteiger partial charge in [-0.25, -0.2) is 0 Å². The Morgan fingerprint density at radius 3 is 1.93 bits per heavy atom. The first-order chi connectivity index (χ1) is 7.38. The van der Waals surface area contributed by atoms with Crippen LogP contribution in [0.1, 0.15) is 51.4 Å². The Balaban J connectivity index is 1.78. The van der Waals surface area contributed by atoms with E-state index in [0.717, 1.165) is 24.0 Å². The van der Waals surface area contributed by atoms with E-state index in [1.165, 1.54) is 55.8 Å². The van der Waals surface area contributed by atoms with Crippen LogP contribution in [0.25, 0.3) is 0 Å². The van der Waals surface area contributed by atoms with Gasteiger partial charge in [0.15, 0.2) is 0 Å². The Labute approximate surface area is 107 Å². The summed E-state index contributed by atoms with van der Waals surface area (Å²) in [7, 11) is 0. The number of piperidine rings is 3. The second kappa shape index (κ2) is 4.52. The normalized spacial score (nSPS) is 46.2. The lowest BCUT2D eigenvalue weighted by atomic mass is 9.75. The van der Waals surface area contributed by atoms with Gasteiger partial charge in [0.2, 0.25) is 0 Å². The van der Waals surface area contributed by atoms with Crippen LogP contribution in [0.2, 0.25) is 0 Å². The third kappa shape index (κ3) is 1.97. The smallest absolute Gasteiger partial charge is 0.0104 e. The number of hydrogen-bond donors (Lipinski definition) is 0. The van der Waals surface area contributed by atoms with Gasteiger partial charge in [0.25, 0.3) is 0 Å². The van der Waals surface area contributed by atoms with Gasteiger partial charge >= 0.3 is 0 Å². The molecule has 0 bridgehead atoms. The van der Waals surface area contributed by atoms with Crippen molar-refractivity contribution >= 4 is 22.6 Å². The molecule has 2 atom stereocenters. The molecular weight excluding hydrogens is 297 g/mol. The SMILES string of the molecule is ICC1C[C@@H]2CCCC3CCC[C@@H](C1)N32. The Morgan fingerprint density at radius 1 is 0.867 bits per heavy atom. The highest BCUT2D eigenvalue weighted by atomic mass is 127. The molecular formula is C13H22IN. The molecule has 0 aromatic carbocycles. The van der Waals surface area contributed by atoms with Gasteiger partial charge < -0.3 is 0 Å². The molecule has 0 radical (unpaired) electrons. The van der Waals surface area contributed by atoms with Crippen LogP contribution in [0.4, 0.5) is 0 Å². The summed E-state index contributed by atoms with van der Waals surface area (Å²) in [6.45, 7) is 0. The molecule has 0 amide bonds. The summed E-state index contributed by atoms with van der Waals surface area (Å²) in [5.41, 5.74) is 0. The number of hydrogen-bond acceptors (Lipinski definition) is 1. The summed E-state index contributed by atoms with van der Waals surface area (Å²) in [5.74, 6) is 1.04. The van der Waals surface area contributed by atoms with Crippen LogP contribution in [0, 0.1) is 5.92 Å². The standard InChI is InChI=1S/C13H22IN/c14-9-10-7-12-5-1-3-11-4-2-6-13(8-10)15(11)12/h10-13H,1-9H2/t10?,11?,12-,13-/m0/s1. The van der Waals surface area contributed by atoms with E-state index in [1.54, 1.807) is 0 Å². The molecule has 0 aliphatic carbocycles. The van der Waals surface area contributed by atoms with Crippen LogP contribution in [-0.4, -0.2) is 27.5 Å². The summed E-state index contributed by atoms with van der Waals surface area (Å²) in [4.78, 5) is 2.95. The Hall–Kier alpha value is 0.690. The van der Waals surface area contributed by atoms with Crippen molar-refractivity contribution in [2.75, 3.05) is 4.43 Å². The molecule has 1 nitrogen and oxygen atoms in total. The quantitative estimate of drug-likeness (QED) is 0.527. The number of nitrogens with zero attached hydrogens (tertiary/aromatic N) is 1. The molecule has 0 spiro atoms. The molecule has 3 heterocycles. The van der Waals surface area contributed by atoms with Crippen molar-refractivity contribution in [3.8, 4) is 0 Å². The molecule has 2 heteroatoms. The molecule has 0 saturated carbocycles. The van der Waals surface area contributed by atoms with E-state index in [9.17, 15) is 0 Å². The van der Waals surface area contributed by atoms with Crippen LogP contribution in [0.5, 0.6) is 0 Å². The van der Waals surface area contributed by atoms with Crippen molar-refractivity contribution in [2.45, 2.75) is 69.5 Å². The monoisotopic (exact) mass is 319 g/mol. The van der Waals surface area contributed by atoms with Crippen LogP contribution in [0.15, 0.2) is 0 Å². The zero-order valence-electron chi connectivity index (χ0n) is 9.50. The lowest BCUT2D eigenvalue weighted by molar-refractivity contribution is -0.0397. The van der Waals surface area contributed by atoms with Crippen LogP contribution >= 0.6 is 22.6 Å². The molecule has 3 rings (SSSR count). The minimum absolute atomic E-state index is 0.975. The molecule has 15 heavy (non-hydrogen) atoms. The molecule has 3 fully saturated rings. The van der Waals surface area contributed by atoms with Gasteiger partial charge in [-0.05, 0) is 44.4 Å². The fourth-order valence-electron chi connectivity index (χ4n) is 4.28. The molecule has 0 aromatic rings. The first kappa shape index (κ1) is 10.8. The van der Waals surface area contributed by atoms with Crippen molar-refractivity contribution < 1.29 is 0 Å². The lowest BCUT2D eigenvalue weighted by Crippen LogP contribution is -2.58. The zero-order valence-corrected chi connectivity index (χ0v) is 11.7. The predicted molar refractivity (Wildman–Crippen MR) is 72.5 cm³/mol. The summed E-state index contributed by atoms with van der Waals surface area (Å²) in [6.07, 6.45) is 12.0. The van der Waals surface area contributed by atoms with Gasteiger partial charge in [-0.3, -0.25) is 4.90 Å². The van der Waals surface area contributed by atoms with E-state index in [1.807, 2.05) is 0 Å². The van der Waals surface area contributed by atoms with Crippen LogP contribution in [0.3, 0.4) is 0 Å². The summed E-state index contributed by atoms with van der Waals surface area (Å²) >= 11 is 2.60. The van der Waals surface area contributed by atoms with E-state index in [2.05, 4.69) is 27.5 Å². The summed E-state index contributed by atoms with van der Waals surface area (Å²) in [5, 5.41) is 0. The molecule has 3 aliphatic heterocycles. The maximum atomic E-state index is 2.95. The third-order valence-corrected chi connectivity index (χ3v) is 6.09. The fourth-order valence-corrected chi connectivity index (χ4v) is 5.00. The molecule has 3 aliphatic rings. The average Bonchev–Trinajstić information content (AvgIpc) is 2.29. The highest BCUT2D eigenvalue weighted by Crippen LogP contribution is 2.42. The molecule has 86 valence electrons. The van der Waals surface area contributed by atoms with Crippen molar-refractivity contribution in [3.63, 3.8) is 0 Å². The topological polar surface area (TPSA) is 3.24 Å². The van der Waals surface area contributed by atoms with E-state index in [0.29, 0.717) is 0 Å². The fraction of sp³-hybridized carbons (Fsp3) is 1.00. The average molecular weight is 319 g/mol. The minimum atomic E-state index is 0.975. The second-order valence-corrected chi connectivity index (χ2v) is 6.64. The Morgan fingerprint density at radius 2 is 1.40 bits per heavy atom. The van der Waals surface area contributed by atoms with Crippen LogP contribution in [-0.2, 0) is 0 Å². The largest absolute Gasteiger partial charge is 0.294 e. The van der Waals surface area contributed by atoms with E-state index < -0.39 is 0 Å². The lowest BCUT2D eigenvalue weighted by Gasteiger charge is -2.54. The summed E-state index contributed by atoms with van der Waals surface area (Å²) in [6, 6.07) is 2.93. The van der Waals surface area contributed by atoms with Gasteiger partial charge in [0.1, 0.15) is 0 Å². The Kier molecular flexibility index (Phi) is 3.26. The highest BCUT2D eigenvalue weighted by molar-refractivity contribution is 14.1. The molecule has 3 saturated heterocycles. The number of halogens is 1. The Bertz CT molecular complexity index is 211. The predicted octanol–water partition coefficient (Wildman–Crippen LogP) is 3.61. The van der Waals surface area contributed by atoms with E-state index >= 15 is 0 Å². The van der Waals surface area contributed by atoms with Crippen molar-refractivity contribution in [3.05, 3.63) is 0 Å². The minimum Gasteiger partial charge on any atom is -0.294 e. The molecule has 0 unspecified atom stereocenters. The number of rotatable bonds is 1. The van der Waals surface area contributed by atoms with Gasteiger partial charge in [-0.2, -0.15) is 0 Å². The third-order valence-electron chi connectivity index (χ3n) is 4.84. The van der Waals surface area contributed by atoms with Crippen LogP contribution < -0.4 is 0 Å². The van der Waals surface area contributed by atoms with Crippen molar-refractivity contribution in [2.24, 2.45) is 5.92 Å². The van der Waals surface area contributed by atoms with Gasteiger partial charge in [-0.1, -0.05) is 35.4 Å². The maximum absolute atomic E-state index is 2.95. The van der Waals surface area contributed by atoms with E-state index in [-0.39, 0.29) is 0 Å². The highest BCUT2D eigenvalue weighted by Gasteiger charge is 2.42. The second-order valence-electron chi connectivity index (χ2n) is 5.76. The maximum Gasteiger partial charge on any atom is 0.0104 e. The zero-order chi connectivity index (χ0) is 10.3. The first-order valence-corrected chi connectivity index (χ1v) is 8.24. The van der Waals surface area contributed by atoms with Crippen molar-refractivity contribution in [1.29, 1.82) is 0 Å².